The maximum atomic E-state index is 12.8. The molecule has 1 heterocycles. The predicted molar refractivity (Wildman–Crippen MR) is 83.9 cm³/mol. The van der Waals surface area contributed by atoms with Gasteiger partial charge < -0.3 is 5.32 Å². The van der Waals surface area contributed by atoms with Crippen LogP contribution < -0.4 is 16.4 Å². The molecule has 0 unspecified atom stereocenters. The van der Waals surface area contributed by atoms with Gasteiger partial charge in [0, 0.05) is 5.69 Å². The predicted octanol–water partition coefficient (Wildman–Crippen LogP) is 1.47. The number of halogens is 1. The number of aromatic amines is 1. The summed E-state index contributed by atoms with van der Waals surface area (Å²) in [6, 6.07) is 11.6. The molecule has 0 spiro atoms. The van der Waals surface area contributed by atoms with Crippen LogP contribution in [0.15, 0.2) is 58.1 Å². The highest BCUT2D eigenvalue weighted by molar-refractivity contribution is 5.90. The molecule has 7 heteroatoms. The maximum Gasteiger partial charge on any atom is 0.273 e. The van der Waals surface area contributed by atoms with Crippen molar-refractivity contribution in [2.45, 2.75) is 6.54 Å². The number of carbonyl (C=O) groups excluding carboxylic acids is 1. The molecule has 23 heavy (non-hydrogen) atoms. The highest BCUT2D eigenvalue weighted by atomic mass is 19.1. The molecule has 0 aliphatic carbocycles. The number of nitrogens with one attached hydrogen (secondary N) is 2. The summed E-state index contributed by atoms with van der Waals surface area (Å²) in [6.07, 6.45) is 0. The van der Waals surface area contributed by atoms with E-state index in [1.165, 1.54) is 30.3 Å². The van der Waals surface area contributed by atoms with Crippen LogP contribution in [0.2, 0.25) is 0 Å². The summed E-state index contributed by atoms with van der Waals surface area (Å²) in [7, 11) is 0. The van der Waals surface area contributed by atoms with E-state index in [9.17, 15) is 18.8 Å². The number of aromatic nitrogens is 2. The van der Waals surface area contributed by atoms with Crippen LogP contribution in [0.5, 0.6) is 0 Å². The van der Waals surface area contributed by atoms with Crippen LogP contribution in [0, 0.1) is 5.82 Å². The van der Waals surface area contributed by atoms with E-state index in [4.69, 9.17) is 0 Å². The molecule has 6 nitrogen and oxygen atoms in total. The van der Waals surface area contributed by atoms with Gasteiger partial charge in [-0.25, -0.2) is 9.07 Å². The van der Waals surface area contributed by atoms with Crippen molar-refractivity contribution in [3.05, 3.63) is 75.1 Å². The molecule has 0 bridgehead atoms. The minimum Gasteiger partial charge on any atom is -0.324 e. The van der Waals surface area contributed by atoms with Gasteiger partial charge in [0.25, 0.3) is 11.1 Å². The Hall–Kier alpha value is -3.22. The fraction of sp³-hybridized carbons (Fsp3) is 0.0625. The lowest BCUT2D eigenvalue weighted by molar-refractivity contribution is -0.117. The van der Waals surface area contributed by atoms with Crippen molar-refractivity contribution < 1.29 is 9.18 Å². The van der Waals surface area contributed by atoms with E-state index in [0.717, 1.165) is 4.68 Å². The van der Waals surface area contributed by atoms with Gasteiger partial charge >= 0.3 is 0 Å². The van der Waals surface area contributed by atoms with Crippen molar-refractivity contribution in [1.82, 2.24) is 9.78 Å². The molecule has 0 saturated heterocycles. The summed E-state index contributed by atoms with van der Waals surface area (Å²) in [6.45, 7) is -0.351. The number of hydrogen-bond acceptors (Lipinski definition) is 3. The molecule has 0 aliphatic heterocycles. The highest BCUT2D eigenvalue weighted by Gasteiger charge is 2.10. The van der Waals surface area contributed by atoms with Gasteiger partial charge in [-0.1, -0.05) is 12.1 Å². The van der Waals surface area contributed by atoms with E-state index in [1.54, 1.807) is 18.2 Å². The minimum atomic E-state index is -0.510. The first kappa shape index (κ1) is 14.7. The van der Waals surface area contributed by atoms with Crippen molar-refractivity contribution in [1.29, 1.82) is 0 Å². The number of hydrogen-bond donors (Lipinski definition) is 2. The third-order valence-corrected chi connectivity index (χ3v) is 3.31. The van der Waals surface area contributed by atoms with Gasteiger partial charge in [-0.15, -0.1) is 0 Å². The first-order valence-corrected chi connectivity index (χ1v) is 6.82. The smallest absolute Gasteiger partial charge is 0.273 e. The van der Waals surface area contributed by atoms with Gasteiger partial charge in [0.15, 0.2) is 0 Å². The molecule has 3 aromatic rings. The fourth-order valence-electron chi connectivity index (χ4n) is 2.24. The van der Waals surface area contributed by atoms with Gasteiger partial charge in [0.2, 0.25) is 5.91 Å². The molecule has 2 aromatic carbocycles. The Morgan fingerprint density at radius 1 is 1.04 bits per heavy atom. The highest BCUT2D eigenvalue weighted by Crippen LogP contribution is 2.08. The van der Waals surface area contributed by atoms with Crippen LogP contribution in [0.25, 0.3) is 10.8 Å². The third-order valence-electron chi connectivity index (χ3n) is 3.31. The van der Waals surface area contributed by atoms with Crippen molar-refractivity contribution in [2.75, 3.05) is 5.32 Å². The van der Waals surface area contributed by atoms with Crippen LogP contribution in [0.3, 0.4) is 0 Å². The van der Waals surface area contributed by atoms with E-state index in [2.05, 4.69) is 10.4 Å². The van der Waals surface area contributed by atoms with Crippen LogP contribution in [-0.4, -0.2) is 15.7 Å². The molecule has 1 amide bonds. The summed E-state index contributed by atoms with van der Waals surface area (Å²) in [5.74, 6) is -0.928. The zero-order chi connectivity index (χ0) is 16.4. The second-order valence-electron chi connectivity index (χ2n) is 4.93. The van der Waals surface area contributed by atoms with Crippen molar-refractivity contribution >= 4 is 22.4 Å². The fourth-order valence-corrected chi connectivity index (χ4v) is 2.24. The number of H-pyrrole nitrogens is 1. The standard InChI is InChI=1S/C16H12FN3O3/c17-10-5-7-11(8-6-10)18-14(21)9-20-16(23)13-4-2-1-3-12(13)15(22)19-20/h1-8H,9H2,(H,18,21)(H,19,22). The van der Waals surface area contributed by atoms with Crippen LogP contribution in [0.4, 0.5) is 10.1 Å². The lowest BCUT2D eigenvalue weighted by Crippen LogP contribution is -2.34. The van der Waals surface area contributed by atoms with E-state index in [-0.39, 0.29) is 17.3 Å². The molecular formula is C16H12FN3O3. The maximum absolute atomic E-state index is 12.8. The molecule has 0 fully saturated rings. The molecule has 3 rings (SSSR count). The summed E-state index contributed by atoms with van der Waals surface area (Å²) < 4.78 is 13.8. The monoisotopic (exact) mass is 313 g/mol. The van der Waals surface area contributed by atoms with Crippen molar-refractivity contribution in [3.63, 3.8) is 0 Å². The van der Waals surface area contributed by atoms with Crippen molar-refractivity contribution in [2.24, 2.45) is 0 Å². The Kier molecular flexibility index (Phi) is 3.76. The lowest BCUT2D eigenvalue weighted by atomic mass is 10.2. The van der Waals surface area contributed by atoms with Gasteiger partial charge in [-0.3, -0.25) is 19.5 Å². The van der Waals surface area contributed by atoms with E-state index >= 15 is 0 Å². The Bertz CT molecular complexity index is 990. The Balaban J connectivity index is 1.88. The molecule has 0 aliphatic rings. The average molecular weight is 313 g/mol. The molecule has 0 radical (unpaired) electrons. The number of anilines is 1. The number of carbonyl (C=O) groups is 1. The summed E-state index contributed by atoms with van der Waals surface area (Å²) in [5, 5.41) is 5.41. The second-order valence-corrected chi connectivity index (χ2v) is 4.93. The van der Waals surface area contributed by atoms with Crippen LogP contribution >= 0.6 is 0 Å². The number of nitrogens with zero attached hydrogens (tertiary/aromatic N) is 1. The zero-order valence-electron chi connectivity index (χ0n) is 11.9. The van der Waals surface area contributed by atoms with Gasteiger partial charge in [-0.2, -0.15) is 0 Å². The van der Waals surface area contributed by atoms with Crippen LogP contribution in [0.1, 0.15) is 0 Å². The Morgan fingerprint density at radius 2 is 1.70 bits per heavy atom. The normalized spacial score (nSPS) is 10.7. The lowest BCUT2D eigenvalue weighted by Gasteiger charge is -2.08. The van der Waals surface area contributed by atoms with Gasteiger partial charge in [0.1, 0.15) is 12.4 Å². The summed E-state index contributed by atoms with van der Waals surface area (Å²) >= 11 is 0. The SMILES string of the molecule is O=C(Cn1[nH]c(=O)c2ccccc2c1=O)Nc1ccc(F)cc1. The average Bonchev–Trinajstić information content (AvgIpc) is 2.54. The summed E-state index contributed by atoms with van der Waals surface area (Å²) in [5.41, 5.74) is -0.517. The largest absolute Gasteiger partial charge is 0.324 e. The quantitative estimate of drug-likeness (QED) is 0.768. The number of fused-ring (bicyclic) bond motifs is 1. The molecule has 2 N–H and O–H groups in total. The summed E-state index contributed by atoms with van der Waals surface area (Å²) in [4.78, 5) is 36.2. The van der Waals surface area contributed by atoms with Gasteiger partial charge in [-0.05, 0) is 36.4 Å². The molecular weight excluding hydrogens is 301 g/mol. The van der Waals surface area contributed by atoms with E-state index < -0.39 is 22.8 Å². The molecule has 0 atom stereocenters. The van der Waals surface area contributed by atoms with E-state index in [1.807, 2.05) is 0 Å². The number of benzene rings is 2. The first-order chi connectivity index (χ1) is 11.0. The van der Waals surface area contributed by atoms with Crippen LogP contribution in [-0.2, 0) is 11.3 Å². The minimum absolute atomic E-state index is 0.242. The number of amides is 1. The third kappa shape index (κ3) is 3.03. The molecule has 116 valence electrons. The van der Waals surface area contributed by atoms with E-state index in [0.29, 0.717) is 5.69 Å². The molecule has 0 saturated carbocycles. The molecule has 1 aromatic heterocycles. The van der Waals surface area contributed by atoms with Crippen molar-refractivity contribution in [3.8, 4) is 0 Å². The first-order valence-electron chi connectivity index (χ1n) is 6.82. The van der Waals surface area contributed by atoms with Gasteiger partial charge in [0.05, 0.1) is 10.8 Å². The Labute approximate surface area is 129 Å². The zero-order valence-corrected chi connectivity index (χ0v) is 11.9. The topological polar surface area (TPSA) is 84.0 Å². The second kappa shape index (κ2) is 5.88. The Morgan fingerprint density at radius 3 is 2.39 bits per heavy atom. The number of rotatable bonds is 3.